The molecule has 0 saturated carbocycles. The van der Waals surface area contributed by atoms with Crippen LogP contribution in [-0.4, -0.2) is 26.2 Å². The summed E-state index contributed by atoms with van der Waals surface area (Å²) in [6.07, 6.45) is 3.16. The van der Waals surface area contributed by atoms with Gasteiger partial charge in [-0.2, -0.15) is 0 Å². The van der Waals surface area contributed by atoms with Crippen LogP contribution in [0.15, 0.2) is 46.9 Å². The molecule has 24 heavy (non-hydrogen) atoms. The van der Waals surface area contributed by atoms with E-state index in [2.05, 4.69) is 21.2 Å². The SMILES string of the molecule is COc1ccc(Br)cc1/C=C/C(=O)Nc1ccc2c(c1)OCCO2. The summed E-state index contributed by atoms with van der Waals surface area (Å²) in [5, 5.41) is 2.80. The summed E-state index contributed by atoms with van der Waals surface area (Å²) < 4.78 is 17.1. The molecule has 124 valence electrons. The molecule has 0 fully saturated rings. The van der Waals surface area contributed by atoms with Crippen LogP contribution in [0.2, 0.25) is 0 Å². The molecule has 0 atom stereocenters. The Balaban J connectivity index is 1.70. The van der Waals surface area contributed by atoms with Crippen molar-refractivity contribution in [3.05, 3.63) is 52.5 Å². The van der Waals surface area contributed by atoms with E-state index in [1.54, 1.807) is 31.4 Å². The second-order valence-corrected chi connectivity index (χ2v) is 5.98. The molecule has 0 radical (unpaired) electrons. The summed E-state index contributed by atoms with van der Waals surface area (Å²) >= 11 is 3.41. The Morgan fingerprint density at radius 2 is 1.96 bits per heavy atom. The van der Waals surface area contributed by atoms with E-state index in [4.69, 9.17) is 14.2 Å². The number of anilines is 1. The second-order valence-electron chi connectivity index (χ2n) is 5.07. The molecule has 1 aliphatic heterocycles. The van der Waals surface area contributed by atoms with E-state index in [0.717, 1.165) is 10.0 Å². The average molecular weight is 390 g/mol. The molecule has 0 spiro atoms. The van der Waals surface area contributed by atoms with E-state index in [1.807, 2.05) is 18.2 Å². The number of fused-ring (bicyclic) bond motifs is 1. The molecule has 3 rings (SSSR count). The molecular weight excluding hydrogens is 374 g/mol. The third-order valence-corrected chi connectivity index (χ3v) is 3.91. The molecule has 0 aromatic heterocycles. The highest BCUT2D eigenvalue weighted by Gasteiger charge is 2.12. The minimum atomic E-state index is -0.242. The summed E-state index contributed by atoms with van der Waals surface area (Å²) in [7, 11) is 1.59. The van der Waals surface area contributed by atoms with Crippen LogP contribution in [-0.2, 0) is 4.79 Å². The molecule has 1 N–H and O–H groups in total. The summed E-state index contributed by atoms with van der Waals surface area (Å²) in [5.41, 5.74) is 1.46. The minimum Gasteiger partial charge on any atom is -0.496 e. The predicted molar refractivity (Wildman–Crippen MR) is 95.8 cm³/mol. The summed E-state index contributed by atoms with van der Waals surface area (Å²) in [6, 6.07) is 10.9. The molecule has 5 nitrogen and oxygen atoms in total. The first-order valence-electron chi connectivity index (χ1n) is 7.38. The molecule has 1 aliphatic rings. The third-order valence-electron chi connectivity index (χ3n) is 3.42. The van der Waals surface area contributed by atoms with Crippen LogP contribution in [0, 0.1) is 0 Å². The number of ether oxygens (including phenoxy) is 3. The fraction of sp³-hybridized carbons (Fsp3) is 0.167. The number of carbonyl (C=O) groups is 1. The van der Waals surface area contributed by atoms with Crippen LogP contribution >= 0.6 is 15.9 Å². The maximum absolute atomic E-state index is 12.1. The number of methoxy groups -OCH3 is 1. The van der Waals surface area contributed by atoms with Crippen molar-refractivity contribution < 1.29 is 19.0 Å². The molecular formula is C18H16BrNO4. The van der Waals surface area contributed by atoms with Crippen LogP contribution in [0.1, 0.15) is 5.56 Å². The van der Waals surface area contributed by atoms with Crippen molar-refractivity contribution in [2.75, 3.05) is 25.6 Å². The number of hydrogen-bond donors (Lipinski definition) is 1. The highest BCUT2D eigenvalue weighted by molar-refractivity contribution is 9.10. The van der Waals surface area contributed by atoms with Gasteiger partial charge in [-0.05, 0) is 36.4 Å². The van der Waals surface area contributed by atoms with Gasteiger partial charge in [-0.1, -0.05) is 15.9 Å². The van der Waals surface area contributed by atoms with Gasteiger partial charge in [0.05, 0.1) is 7.11 Å². The first-order chi connectivity index (χ1) is 11.7. The lowest BCUT2D eigenvalue weighted by molar-refractivity contribution is -0.111. The van der Waals surface area contributed by atoms with E-state index >= 15 is 0 Å². The number of halogens is 1. The van der Waals surface area contributed by atoms with Crippen molar-refractivity contribution >= 4 is 33.6 Å². The van der Waals surface area contributed by atoms with Crippen molar-refractivity contribution in [2.45, 2.75) is 0 Å². The molecule has 0 saturated heterocycles. The maximum atomic E-state index is 12.1. The lowest BCUT2D eigenvalue weighted by Crippen LogP contribution is -2.16. The Bertz CT molecular complexity index is 789. The van der Waals surface area contributed by atoms with E-state index in [0.29, 0.717) is 36.1 Å². The van der Waals surface area contributed by atoms with Gasteiger partial charge in [-0.15, -0.1) is 0 Å². The van der Waals surface area contributed by atoms with Crippen molar-refractivity contribution in [3.8, 4) is 17.2 Å². The van der Waals surface area contributed by atoms with Gasteiger partial charge in [0.2, 0.25) is 5.91 Å². The van der Waals surface area contributed by atoms with Gasteiger partial charge in [0.1, 0.15) is 19.0 Å². The Morgan fingerprint density at radius 1 is 1.17 bits per heavy atom. The Labute approximate surface area is 148 Å². The number of amides is 1. The van der Waals surface area contributed by atoms with Crippen LogP contribution < -0.4 is 19.5 Å². The fourth-order valence-electron chi connectivity index (χ4n) is 2.31. The molecule has 1 heterocycles. The molecule has 2 aromatic rings. The van der Waals surface area contributed by atoms with Crippen molar-refractivity contribution in [3.63, 3.8) is 0 Å². The fourth-order valence-corrected chi connectivity index (χ4v) is 2.68. The zero-order valence-electron chi connectivity index (χ0n) is 13.0. The molecule has 6 heteroatoms. The largest absolute Gasteiger partial charge is 0.496 e. The lowest BCUT2D eigenvalue weighted by atomic mass is 10.2. The van der Waals surface area contributed by atoms with E-state index in [-0.39, 0.29) is 5.91 Å². The summed E-state index contributed by atoms with van der Waals surface area (Å²) in [5.74, 6) is 1.78. The number of carbonyl (C=O) groups excluding carboxylic acids is 1. The first kappa shape index (κ1) is 16.4. The van der Waals surface area contributed by atoms with E-state index in [1.165, 1.54) is 6.08 Å². The Kier molecular flexibility index (Phi) is 5.05. The zero-order valence-corrected chi connectivity index (χ0v) is 14.6. The van der Waals surface area contributed by atoms with Gasteiger partial charge >= 0.3 is 0 Å². The second kappa shape index (κ2) is 7.40. The first-order valence-corrected chi connectivity index (χ1v) is 8.17. The highest BCUT2D eigenvalue weighted by atomic mass is 79.9. The van der Waals surface area contributed by atoms with Gasteiger partial charge in [0, 0.05) is 27.9 Å². The number of benzene rings is 2. The summed E-state index contributed by atoms with van der Waals surface area (Å²) in [6.45, 7) is 1.04. The van der Waals surface area contributed by atoms with E-state index < -0.39 is 0 Å². The van der Waals surface area contributed by atoms with Crippen LogP contribution in [0.3, 0.4) is 0 Å². The van der Waals surface area contributed by atoms with Crippen LogP contribution in [0.5, 0.6) is 17.2 Å². The van der Waals surface area contributed by atoms with Gasteiger partial charge < -0.3 is 19.5 Å². The van der Waals surface area contributed by atoms with Crippen LogP contribution in [0.4, 0.5) is 5.69 Å². The van der Waals surface area contributed by atoms with Gasteiger partial charge in [-0.3, -0.25) is 4.79 Å². The molecule has 0 aliphatic carbocycles. The van der Waals surface area contributed by atoms with Gasteiger partial charge in [0.25, 0.3) is 0 Å². The normalized spacial score (nSPS) is 12.9. The number of rotatable bonds is 4. The highest BCUT2D eigenvalue weighted by Crippen LogP contribution is 2.32. The van der Waals surface area contributed by atoms with Gasteiger partial charge in [-0.25, -0.2) is 0 Å². The topological polar surface area (TPSA) is 56.8 Å². The quantitative estimate of drug-likeness (QED) is 0.806. The van der Waals surface area contributed by atoms with Crippen molar-refractivity contribution in [1.29, 1.82) is 0 Å². The molecule has 0 unspecified atom stereocenters. The Hall–Kier alpha value is -2.47. The molecule has 0 bridgehead atoms. The Morgan fingerprint density at radius 3 is 2.75 bits per heavy atom. The van der Waals surface area contributed by atoms with Crippen molar-refractivity contribution in [2.24, 2.45) is 0 Å². The van der Waals surface area contributed by atoms with Gasteiger partial charge in [0.15, 0.2) is 11.5 Å². The smallest absolute Gasteiger partial charge is 0.248 e. The van der Waals surface area contributed by atoms with E-state index in [9.17, 15) is 4.79 Å². The summed E-state index contributed by atoms with van der Waals surface area (Å²) in [4.78, 5) is 12.1. The third kappa shape index (κ3) is 3.89. The standard InChI is InChI=1S/C18H16BrNO4/c1-22-15-5-3-13(19)10-12(15)2-7-18(21)20-14-4-6-16-17(11-14)24-9-8-23-16/h2-7,10-11H,8-9H2,1H3,(H,20,21)/b7-2+. The zero-order chi connectivity index (χ0) is 16.9. The molecule has 1 amide bonds. The number of hydrogen-bond acceptors (Lipinski definition) is 4. The predicted octanol–water partition coefficient (Wildman–Crippen LogP) is 3.88. The molecule has 2 aromatic carbocycles. The monoisotopic (exact) mass is 389 g/mol. The number of nitrogens with one attached hydrogen (secondary N) is 1. The average Bonchev–Trinajstić information content (AvgIpc) is 2.60. The van der Waals surface area contributed by atoms with Crippen molar-refractivity contribution in [1.82, 2.24) is 0 Å². The van der Waals surface area contributed by atoms with Crippen LogP contribution in [0.25, 0.3) is 6.08 Å². The lowest BCUT2D eigenvalue weighted by Gasteiger charge is -2.18. The minimum absolute atomic E-state index is 0.242. The maximum Gasteiger partial charge on any atom is 0.248 e.